The van der Waals surface area contributed by atoms with Gasteiger partial charge in [0, 0.05) is 24.2 Å². The molecule has 2 aromatic heterocycles. The van der Waals surface area contributed by atoms with Gasteiger partial charge in [-0.15, -0.1) is 0 Å². The predicted molar refractivity (Wildman–Crippen MR) is 73.2 cm³/mol. The summed E-state index contributed by atoms with van der Waals surface area (Å²) >= 11 is 0. The number of para-hydroxylation sites is 1. The van der Waals surface area contributed by atoms with E-state index in [4.69, 9.17) is 5.73 Å². The summed E-state index contributed by atoms with van der Waals surface area (Å²) in [6.45, 7) is 0. The molecule has 0 fully saturated rings. The van der Waals surface area contributed by atoms with Crippen LogP contribution in [0.1, 0.15) is 11.1 Å². The third-order valence-electron chi connectivity index (χ3n) is 3.07. The van der Waals surface area contributed by atoms with Gasteiger partial charge >= 0.3 is 0 Å². The number of hydrogen-bond acceptors (Lipinski definition) is 3. The summed E-state index contributed by atoms with van der Waals surface area (Å²) < 4.78 is 0. The minimum absolute atomic E-state index is 0.735. The molecule has 18 heavy (non-hydrogen) atoms. The molecule has 3 nitrogen and oxygen atoms in total. The number of hydrogen-bond donors (Lipinski definition) is 1. The van der Waals surface area contributed by atoms with Crippen LogP contribution in [0.25, 0.3) is 10.9 Å². The van der Waals surface area contributed by atoms with Crippen LogP contribution in [-0.2, 0) is 6.42 Å². The zero-order chi connectivity index (χ0) is 12.4. The highest BCUT2D eigenvalue weighted by atomic mass is 14.7. The van der Waals surface area contributed by atoms with Crippen LogP contribution >= 0.6 is 0 Å². The standard InChI is InChI=1S/C15H13N3/c16-14-10-17-7-5-12(14)9-11-6-8-18-15-4-2-1-3-13(11)15/h1-8,10H,9,16H2. The molecule has 2 heterocycles. The highest BCUT2D eigenvalue weighted by Gasteiger charge is 2.04. The quantitative estimate of drug-likeness (QED) is 0.743. The van der Waals surface area contributed by atoms with Gasteiger partial charge in [0.25, 0.3) is 0 Å². The van der Waals surface area contributed by atoms with E-state index >= 15 is 0 Å². The molecule has 0 bridgehead atoms. The summed E-state index contributed by atoms with van der Waals surface area (Å²) in [6, 6.07) is 12.2. The number of pyridine rings is 2. The lowest BCUT2D eigenvalue weighted by Gasteiger charge is -2.07. The van der Waals surface area contributed by atoms with Crippen molar-refractivity contribution in [3.8, 4) is 0 Å². The molecule has 1 aromatic carbocycles. The average Bonchev–Trinajstić information content (AvgIpc) is 2.42. The molecule has 0 amide bonds. The van der Waals surface area contributed by atoms with Crippen molar-refractivity contribution in [3.63, 3.8) is 0 Å². The molecule has 0 saturated carbocycles. The summed E-state index contributed by atoms with van der Waals surface area (Å²) in [4.78, 5) is 8.37. The van der Waals surface area contributed by atoms with Crippen LogP contribution in [-0.4, -0.2) is 9.97 Å². The minimum atomic E-state index is 0.735. The number of anilines is 1. The zero-order valence-corrected chi connectivity index (χ0v) is 9.88. The van der Waals surface area contributed by atoms with Gasteiger partial charge in [0.1, 0.15) is 0 Å². The van der Waals surface area contributed by atoms with Gasteiger partial charge in [-0.25, -0.2) is 0 Å². The van der Waals surface area contributed by atoms with Crippen LogP contribution in [0.4, 0.5) is 5.69 Å². The second-order valence-electron chi connectivity index (χ2n) is 4.24. The van der Waals surface area contributed by atoms with Gasteiger partial charge < -0.3 is 5.73 Å². The number of aromatic nitrogens is 2. The van der Waals surface area contributed by atoms with Crippen molar-refractivity contribution in [1.29, 1.82) is 0 Å². The fraction of sp³-hybridized carbons (Fsp3) is 0.0667. The Labute approximate surface area is 105 Å². The van der Waals surface area contributed by atoms with E-state index in [1.807, 2.05) is 36.5 Å². The minimum Gasteiger partial charge on any atom is -0.397 e. The van der Waals surface area contributed by atoms with E-state index in [9.17, 15) is 0 Å². The Bertz CT molecular complexity index is 687. The fourth-order valence-corrected chi connectivity index (χ4v) is 2.11. The Morgan fingerprint density at radius 3 is 2.67 bits per heavy atom. The molecule has 0 aliphatic rings. The van der Waals surface area contributed by atoms with Crippen LogP contribution in [0.15, 0.2) is 55.0 Å². The molecule has 0 unspecified atom stereocenters. The van der Waals surface area contributed by atoms with Crippen molar-refractivity contribution in [2.24, 2.45) is 0 Å². The van der Waals surface area contributed by atoms with E-state index in [1.54, 1.807) is 12.4 Å². The van der Waals surface area contributed by atoms with Gasteiger partial charge in [0.15, 0.2) is 0 Å². The zero-order valence-electron chi connectivity index (χ0n) is 9.88. The molecule has 3 heteroatoms. The Morgan fingerprint density at radius 2 is 1.78 bits per heavy atom. The molecule has 0 saturated heterocycles. The lowest BCUT2D eigenvalue weighted by Crippen LogP contribution is -1.97. The average molecular weight is 235 g/mol. The van der Waals surface area contributed by atoms with E-state index in [2.05, 4.69) is 16.0 Å². The molecular weight excluding hydrogens is 222 g/mol. The van der Waals surface area contributed by atoms with E-state index in [1.165, 1.54) is 10.9 Å². The first-order valence-corrected chi connectivity index (χ1v) is 5.85. The second-order valence-corrected chi connectivity index (χ2v) is 4.24. The molecular formula is C15H13N3. The number of rotatable bonds is 2. The SMILES string of the molecule is Nc1cnccc1Cc1ccnc2ccccc12. The highest BCUT2D eigenvalue weighted by Crippen LogP contribution is 2.21. The summed E-state index contributed by atoms with van der Waals surface area (Å²) in [5.74, 6) is 0. The Morgan fingerprint density at radius 1 is 0.944 bits per heavy atom. The maximum Gasteiger partial charge on any atom is 0.0704 e. The smallest absolute Gasteiger partial charge is 0.0704 e. The molecule has 0 aliphatic carbocycles. The normalized spacial score (nSPS) is 10.7. The summed E-state index contributed by atoms with van der Waals surface area (Å²) in [6.07, 6.45) is 6.11. The van der Waals surface area contributed by atoms with Crippen molar-refractivity contribution in [2.75, 3.05) is 5.73 Å². The van der Waals surface area contributed by atoms with Crippen molar-refractivity contribution in [3.05, 3.63) is 66.1 Å². The first-order chi connectivity index (χ1) is 8.84. The maximum atomic E-state index is 5.93. The lowest BCUT2D eigenvalue weighted by molar-refractivity contribution is 1.17. The number of fused-ring (bicyclic) bond motifs is 1. The second kappa shape index (κ2) is 4.45. The van der Waals surface area contributed by atoms with Crippen LogP contribution in [0.2, 0.25) is 0 Å². The molecule has 0 radical (unpaired) electrons. The molecule has 2 N–H and O–H groups in total. The fourth-order valence-electron chi connectivity index (χ4n) is 2.11. The van der Waals surface area contributed by atoms with Gasteiger partial charge in [-0.2, -0.15) is 0 Å². The van der Waals surface area contributed by atoms with Gasteiger partial charge in [-0.3, -0.25) is 9.97 Å². The van der Waals surface area contributed by atoms with Crippen molar-refractivity contribution >= 4 is 16.6 Å². The van der Waals surface area contributed by atoms with Gasteiger partial charge in [0.05, 0.1) is 17.4 Å². The lowest BCUT2D eigenvalue weighted by atomic mass is 10.0. The molecule has 3 aromatic rings. The van der Waals surface area contributed by atoms with Gasteiger partial charge in [-0.05, 0) is 29.3 Å². The molecule has 0 atom stereocenters. The van der Waals surface area contributed by atoms with Crippen molar-refractivity contribution in [1.82, 2.24) is 9.97 Å². The van der Waals surface area contributed by atoms with E-state index in [0.717, 1.165) is 23.2 Å². The third-order valence-corrected chi connectivity index (χ3v) is 3.07. The third kappa shape index (κ3) is 1.91. The summed E-state index contributed by atoms with van der Waals surface area (Å²) in [5, 5.41) is 1.18. The highest BCUT2D eigenvalue weighted by molar-refractivity contribution is 5.82. The first-order valence-electron chi connectivity index (χ1n) is 5.85. The van der Waals surface area contributed by atoms with E-state index in [0.29, 0.717) is 0 Å². The summed E-state index contributed by atoms with van der Waals surface area (Å²) in [5.41, 5.74) is 10.0. The number of nitrogen functional groups attached to an aromatic ring is 1. The van der Waals surface area contributed by atoms with Crippen LogP contribution < -0.4 is 5.73 Å². The van der Waals surface area contributed by atoms with Gasteiger partial charge in [0.2, 0.25) is 0 Å². The molecule has 3 rings (SSSR count). The van der Waals surface area contributed by atoms with Crippen LogP contribution in [0.3, 0.4) is 0 Å². The Balaban J connectivity index is 2.08. The Hall–Kier alpha value is -2.42. The maximum absolute atomic E-state index is 5.93. The largest absolute Gasteiger partial charge is 0.397 e. The topological polar surface area (TPSA) is 51.8 Å². The number of nitrogens with two attached hydrogens (primary N) is 1. The van der Waals surface area contributed by atoms with Gasteiger partial charge in [-0.1, -0.05) is 18.2 Å². The van der Waals surface area contributed by atoms with Crippen LogP contribution in [0, 0.1) is 0 Å². The predicted octanol–water partition coefficient (Wildman–Crippen LogP) is 2.80. The number of nitrogens with zero attached hydrogens (tertiary/aromatic N) is 2. The molecule has 0 spiro atoms. The van der Waals surface area contributed by atoms with Crippen molar-refractivity contribution in [2.45, 2.75) is 6.42 Å². The first kappa shape index (κ1) is 10.7. The van der Waals surface area contributed by atoms with E-state index in [-0.39, 0.29) is 0 Å². The molecule has 0 aliphatic heterocycles. The molecule has 88 valence electrons. The Kier molecular flexibility index (Phi) is 2.65. The van der Waals surface area contributed by atoms with Crippen LogP contribution in [0.5, 0.6) is 0 Å². The van der Waals surface area contributed by atoms with Crippen molar-refractivity contribution < 1.29 is 0 Å². The number of benzene rings is 1. The monoisotopic (exact) mass is 235 g/mol. The van der Waals surface area contributed by atoms with E-state index < -0.39 is 0 Å². The summed E-state index contributed by atoms with van der Waals surface area (Å²) in [7, 11) is 0.